The van der Waals surface area contributed by atoms with Crippen molar-refractivity contribution in [3.8, 4) is 6.07 Å². The highest BCUT2D eigenvalue weighted by Crippen LogP contribution is 2.19. The summed E-state index contributed by atoms with van der Waals surface area (Å²) >= 11 is 0. The quantitative estimate of drug-likeness (QED) is 0.803. The van der Waals surface area contributed by atoms with Crippen LogP contribution in [0.3, 0.4) is 0 Å². The SMILES string of the molecule is Cc1cc(CNc2ccc(N)c(CC#N)c2)on1. The maximum absolute atomic E-state index is 8.70. The number of nitrogens with zero attached hydrogens (tertiary/aromatic N) is 2. The molecule has 0 aliphatic rings. The van der Waals surface area contributed by atoms with E-state index in [2.05, 4.69) is 16.5 Å². The molecule has 1 aromatic carbocycles. The van der Waals surface area contributed by atoms with Crippen molar-refractivity contribution >= 4 is 11.4 Å². The molecular weight excluding hydrogens is 228 g/mol. The number of hydrogen-bond acceptors (Lipinski definition) is 5. The molecule has 18 heavy (non-hydrogen) atoms. The number of aromatic nitrogens is 1. The Morgan fingerprint density at radius 2 is 2.28 bits per heavy atom. The maximum Gasteiger partial charge on any atom is 0.156 e. The molecular formula is C13H14N4O. The van der Waals surface area contributed by atoms with E-state index in [-0.39, 0.29) is 0 Å². The number of nitrogen functional groups attached to an aromatic ring is 1. The number of benzene rings is 1. The highest BCUT2D eigenvalue weighted by molar-refractivity contribution is 5.58. The van der Waals surface area contributed by atoms with Crippen LogP contribution in [0.15, 0.2) is 28.8 Å². The summed E-state index contributed by atoms with van der Waals surface area (Å²) in [7, 11) is 0. The van der Waals surface area contributed by atoms with Crippen LogP contribution >= 0.6 is 0 Å². The lowest BCUT2D eigenvalue weighted by Crippen LogP contribution is -2.00. The number of nitrogens with one attached hydrogen (secondary N) is 1. The van der Waals surface area contributed by atoms with Crippen molar-refractivity contribution in [1.82, 2.24) is 5.16 Å². The zero-order valence-corrected chi connectivity index (χ0v) is 10.1. The van der Waals surface area contributed by atoms with Crippen LogP contribution in [0, 0.1) is 18.3 Å². The van der Waals surface area contributed by atoms with E-state index in [1.807, 2.05) is 25.1 Å². The van der Waals surface area contributed by atoms with E-state index >= 15 is 0 Å². The van der Waals surface area contributed by atoms with Crippen LogP contribution < -0.4 is 11.1 Å². The molecule has 0 bridgehead atoms. The van der Waals surface area contributed by atoms with Gasteiger partial charge in [-0.2, -0.15) is 5.26 Å². The largest absolute Gasteiger partial charge is 0.398 e. The van der Waals surface area contributed by atoms with Crippen LogP contribution in [0.25, 0.3) is 0 Å². The third-order valence-corrected chi connectivity index (χ3v) is 2.56. The molecule has 5 heteroatoms. The summed E-state index contributed by atoms with van der Waals surface area (Å²) in [6, 6.07) is 9.51. The normalized spacial score (nSPS) is 10.0. The summed E-state index contributed by atoms with van der Waals surface area (Å²) in [6.45, 7) is 2.43. The Bertz CT molecular complexity index is 583. The average molecular weight is 242 g/mol. The van der Waals surface area contributed by atoms with Crippen molar-refractivity contribution in [1.29, 1.82) is 5.26 Å². The summed E-state index contributed by atoms with van der Waals surface area (Å²) in [5, 5.41) is 15.7. The van der Waals surface area contributed by atoms with E-state index in [0.29, 0.717) is 18.7 Å². The summed E-state index contributed by atoms with van der Waals surface area (Å²) in [5.74, 6) is 0.770. The molecule has 1 heterocycles. The van der Waals surface area contributed by atoms with Gasteiger partial charge in [-0.3, -0.25) is 0 Å². The van der Waals surface area contributed by atoms with Crippen molar-refractivity contribution < 1.29 is 4.52 Å². The van der Waals surface area contributed by atoms with Crippen molar-refractivity contribution in [3.63, 3.8) is 0 Å². The van der Waals surface area contributed by atoms with E-state index in [9.17, 15) is 0 Å². The van der Waals surface area contributed by atoms with E-state index in [4.69, 9.17) is 15.5 Å². The van der Waals surface area contributed by atoms with E-state index in [1.54, 1.807) is 6.07 Å². The fourth-order valence-electron chi connectivity index (χ4n) is 1.64. The van der Waals surface area contributed by atoms with Gasteiger partial charge < -0.3 is 15.6 Å². The number of nitrogens with two attached hydrogens (primary N) is 1. The van der Waals surface area contributed by atoms with Crippen LogP contribution in [-0.2, 0) is 13.0 Å². The second kappa shape index (κ2) is 5.23. The molecule has 0 spiro atoms. The minimum Gasteiger partial charge on any atom is -0.398 e. The third-order valence-electron chi connectivity index (χ3n) is 2.56. The average Bonchev–Trinajstić information content (AvgIpc) is 2.76. The Hall–Kier alpha value is -2.48. The smallest absolute Gasteiger partial charge is 0.156 e. The van der Waals surface area contributed by atoms with Gasteiger partial charge in [-0.15, -0.1) is 0 Å². The molecule has 3 N–H and O–H groups in total. The van der Waals surface area contributed by atoms with Gasteiger partial charge in [0, 0.05) is 17.4 Å². The van der Waals surface area contributed by atoms with Crippen LogP contribution in [0.5, 0.6) is 0 Å². The standard InChI is InChI=1S/C13H14N4O/c1-9-6-12(18-17-9)8-16-11-2-3-13(15)10(7-11)4-5-14/h2-3,6-7,16H,4,8,15H2,1H3. The minimum absolute atomic E-state index is 0.308. The summed E-state index contributed by atoms with van der Waals surface area (Å²) in [5.41, 5.74) is 9.01. The fourth-order valence-corrected chi connectivity index (χ4v) is 1.64. The van der Waals surface area contributed by atoms with Crippen LogP contribution in [0.1, 0.15) is 17.0 Å². The van der Waals surface area contributed by atoms with Crippen LogP contribution in [0.4, 0.5) is 11.4 Å². The highest BCUT2D eigenvalue weighted by Gasteiger charge is 2.03. The molecule has 2 rings (SSSR count). The van der Waals surface area contributed by atoms with Gasteiger partial charge in [0.05, 0.1) is 24.7 Å². The van der Waals surface area contributed by atoms with Gasteiger partial charge in [0.25, 0.3) is 0 Å². The Morgan fingerprint density at radius 1 is 1.44 bits per heavy atom. The fraction of sp³-hybridized carbons (Fsp3) is 0.231. The Kier molecular flexibility index (Phi) is 3.49. The molecule has 0 amide bonds. The zero-order valence-electron chi connectivity index (χ0n) is 10.1. The van der Waals surface area contributed by atoms with E-state index < -0.39 is 0 Å². The first-order chi connectivity index (χ1) is 8.69. The molecule has 0 atom stereocenters. The van der Waals surface area contributed by atoms with Crippen molar-refractivity contribution in [2.45, 2.75) is 19.9 Å². The van der Waals surface area contributed by atoms with Gasteiger partial charge in [0.1, 0.15) is 0 Å². The third kappa shape index (κ3) is 2.80. The lowest BCUT2D eigenvalue weighted by atomic mass is 10.1. The predicted octanol–water partition coefficient (Wildman–Crippen LogP) is 2.24. The molecule has 1 aromatic heterocycles. The van der Waals surface area contributed by atoms with Crippen LogP contribution in [-0.4, -0.2) is 5.16 Å². The molecule has 5 nitrogen and oxygen atoms in total. The zero-order chi connectivity index (χ0) is 13.0. The number of nitriles is 1. The summed E-state index contributed by atoms with van der Waals surface area (Å²) in [6.07, 6.45) is 0.308. The van der Waals surface area contributed by atoms with Gasteiger partial charge in [0.15, 0.2) is 5.76 Å². The number of aryl methyl sites for hydroxylation is 1. The number of hydrogen-bond donors (Lipinski definition) is 2. The predicted molar refractivity (Wildman–Crippen MR) is 68.7 cm³/mol. The van der Waals surface area contributed by atoms with Gasteiger partial charge in [0.2, 0.25) is 0 Å². The lowest BCUT2D eigenvalue weighted by molar-refractivity contribution is 0.384. The first-order valence-corrected chi connectivity index (χ1v) is 5.60. The molecule has 0 aliphatic heterocycles. The molecule has 92 valence electrons. The Balaban J connectivity index is 2.05. The second-order valence-corrected chi connectivity index (χ2v) is 4.04. The van der Waals surface area contributed by atoms with Gasteiger partial charge >= 0.3 is 0 Å². The van der Waals surface area contributed by atoms with Crippen LogP contribution in [0.2, 0.25) is 0 Å². The first-order valence-electron chi connectivity index (χ1n) is 5.60. The lowest BCUT2D eigenvalue weighted by Gasteiger charge is -2.07. The molecule has 0 unspecified atom stereocenters. The first kappa shape index (κ1) is 12.0. The molecule has 0 aliphatic carbocycles. The minimum atomic E-state index is 0.308. The topological polar surface area (TPSA) is 87.9 Å². The van der Waals surface area contributed by atoms with Gasteiger partial charge in [-0.25, -0.2) is 0 Å². The molecule has 0 saturated carbocycles. The molecule has 2 aromatic rings. The van der Waals surface area contributed by atoms with Crippen molar-refractivity contribution in [3.05, 3.63) is 41.3 Å². The maximum atomic E-state index is 8.70. The Morgan fingerprint density at radius 3 is 2.94 bits per heavy atom. The summed E-state index contributed by atoms with van der Waals surface area (Å²) < 4.78 is 5.10. The molecule has 0 fully saturated rings. The van der Waals surface area contributed by atoms with E-state index in [1.165, 1.54) is 0 Å². The number of anilines is 2. The van der Waals surface area contributed by atoms with Gasteiger partial charge in [-0.1, -0.05) is 5.16 Å². The monoisotopic (exact) mass is 242 g/mol. The van der Waals surface area contributed by atoms with E-state index in [0.717, 1.165) is 22.7 Å². The van der Waals surface area contributed by atoms with Gasteiger partial charge in [-0.05, 0) is 30.7 Å². The van der Waals surface area contributed by atoms with Crippen molar-refractivity contribution in [2.24, 2.45) is 0 Å². The highest BCUT2D eigenvalue weighted by atomic mass is 16.5. The molecule has 0 saturated heterocycles. The second-order valence-electron chi connectivity index (χ2n) is 4.04. The number of rotatable bonds is 4. The van der Waals surface area contributed by atoms with Crippen molar-refractivity contribution in [2.75, 3.05) is 11.1 Å². The Labute approximate surface area is 105 Å². The summed E-state index contributed by atoms with van der Waals surface area (Å²) in [4.78, 5) is 0. The molecule has 0 radical (unpaired) electrons.